The fourth-order valence-corrected chi connectivity index (χ4v) is 3.81. The van der Waals surface area contributed by atoms with E-state index in [1.165, 1.54) is 13.2 Å². The molecule has 0 aromatic heterocycles. The number of nitrogens with one attached hydrogen (secondary N) is 2. The molecule has 2 N–H and O–H groups in total. The Bertz CT molecular complexity index is 1340. The van der Waals surface area contributed by atoms with Gasteiger partial charge in [0.05, 0.1) is 23.3 Å². The van der Waals surface area contributed by atoms with Crippen molar-refractivity contribution in [3.63, 3.8) is 0 Å². The van der Waals surface area contributed by atoms with Crippen LogP contribution in [0, 0.1) is 0 Å². The number of hydrogen-bond donors (Lipinski definition) is 2. The molecule has 4 rings (SSSR count). The van der Waals surface area contributed by atoms with Gasteiger partial charge in [-0.3, -0.25) is 9.59 Å². The van der Waals surface area contributed by atoms with Gasteiger partial charge in [0.2, 0.25) is 0 Å². The van der Waals surface area contributed by atoms with Crippen molar-refractivity contribution < 1.29 is 14.3 Å². The highest BCUT2D eigenvalue weighted by molar-refractivity contribution is 6.37. The van der Waals surface area contributed by atoms with Gasteiger partial charge in [0, 0.05) is 16.4 Å². The molecule has 7 heteroatoms. The Morgan fingerprint density at radius 2 is 1.34 bits per heavy atom. The molecule has 0 aliphatic rings. The zero-order valence-corrected chi connectivity index (χ0v) is 18.5. The molecule has 0 radical (unpaired) electrons. The summed E-state index contributed by atoms with van der Waals surface area (Å²) in [4.78, 5) is 25.5. The van der Waals surface area contributed by atoms with Crippen molar-refractivity contribution in [1.29, 1.82) is 0 Å². The van der Waals surface area contributed by atoms with Gasteiger partial charge < -0.3 is 15.4 Å². The lowest BCUT2D eigenvalue weighted by molar-refractivity contribution is 0.101. The second kappa shape index (κ2) is 9.30. The van der Waals surface area contributed by atoms with Gasteiger partial charge in [-0.1, -0.05) is 53.5 Å². The highest BCUT2D eigenvalue weighted by Crippen LogP contribution is 2.27. The maximum absolute atomic E-state index is 13.0. The van der Waals surface area contributed by atoms with E-state index in [2.05, 4.69) is 10.6 Å². The first-order chi connectivity index (χ1) is 15.4. The third-order valence-electron chi connectivity index (χ3n) is 4.87. The van der Waals surface area contributed by atoms with E-state index < -0.39 is 0 Å². The van der Waals surface area contributed by atoms with Gasteiger partial charge in [0.25, 0.3) is 11.8 Å². The summed E-state index contributed by atoms with van der Waals surface area (Å²) in [6, 6.07) is 22.8. The smallest absolute Gasteiger partial charge is 0.259 e. The van der Waals surface area contributed by atoms with Gasteiger partial charge in [0.15, 0.2) is 0 Å². The molecule has 4 aromatic rings. The number of anilines is 2. The standard InChI is InChI=1S/C25H18Cl2N2O3/c1-32-23-12-16-6-3-2-5-15(16)11-21(23)25(31)29-19-8-4-7-18(14-19)28-24(30)20-10-9-17(26)13-22(20)27/h2-14H,1H3,(H,28,30)(H,29,31). The maximum atomic E-state index is 13.0. The van der Waals surface area contributed by atoms with Gasteiger partial charge in [-0.25, -0.2) is 0 Å². The van der Waals surface area contributed by atoms with Crippen molar-refractivity contribution in [2.75, 3.05) is 17.7 Å². The predicted octanol–water partition coefficient (Wildman–Crippen LogP) is 6.66. The molecule has 0 atom stereocenters. The molecule has 0 spiro atoms. The largest absolute Gasteiger partial charge is 0.496 e. The summed E-state index contributed by atoms with van der Waals surface area (Å²) in [7, 11) is 1.53. The van der Waals surface area contributed by atoms with Crippen LogP contribution in [0.25, 0.3) is 10.8 Å². The molecule has 0 heterocycles. The number of hydrogen-bond acceptors (Lipinski definition) is 3. The summed E-state index contributed by atoms with van der Waals surface area (Å²) in [6.07, 6.45) is 0. The van der Waals surface area contributed by atoms with Gasteiger partial charge >= 0.3 is 0 Å². The molecule has 2 amide bonds. The minimum absolute atomic E-state index is 0.253. The number of halogens is 2. The van der Waals surface area contributed by atoms with E-state index in [0.29, 0.717) is 33.3 Å². The summed E-state index contributed by atoms with van der Waals surface area (Å²) >= 11 is 12.0. The number of ether oxygens (including phenoxy) is 1. The molecule has 0 fully saturated rings. The Kier molecular flexibility index (Phi) is 6.30. The number of rotatable bonds is 5. The highest BCUT2D eigenvalue weighted by Gasteiger charge is 2.15. The van der Waals surface area contributed by atoms with Gasteiger partial charge in [-0.2, -0.15) is 0 Å². The first-order valence-electron chi connectivity index (χ1n) is 9.69. The fraction of sp³-hybridized carbons (Fsp3) is 0.0400. The Balaban J connectivity index is 1.54. The Labute approximate surface area is 194 Å². The SMILES string of the molecule is COc1cc2ccccc2cc1C(=O)Nc1cccc(NC(=O)c2ccc(Cl)cc2Cl)c1. The number of fused-ring (bicyclic) bond motifs is 1. The summed E-state index contributed by atoms with van der Waals surface area (Å²) in [5.74, 6) is -0.230. The van der Waals surface area contributed by atoms with Crippen LogP contribution in [0.4, 0.5) is 11.4 Å². The number of amides is 2. The zero-order valence-electron chi connectivity index (χ0n) is 17.0. The fourth-order valence-electron chi connectivity index (χ4n) is 3.31. The van der Waals surface area contributed by atoms with Crippen molar-refractivity contribution in [3.05, 3.63) is 100 Å². The average Bonchev–Trinajstić information content (AvgIpc) is 2.78. The summed E-state index contributed by atoms with van der Waals surface area (Å²) in [6.45, 7) is 0. The Morgan fingerprint density at radius 3 is 1.97 bits per heavy atom. The molecule has 4 aromatic carbocycles. The molecule has 0 saturated heterocycles. The number of benzene rings is 4. The van der Waals surface area contributed by atoms with Crippen LogP contribution >= 0.6 is 23.2 Å². The number of carbonyl (C=O) groups is 2. The summed E-state index contributed by atoms with van der Waals surface area (Å²) in [5.41, 5.74) is 1.73. The molecule has 0 aliphatic carbocycles. The van der Waals surface area contributed by atoms with Crippen LogP contribution in [0.2, 0.25) is 10.0 Å². The monoisotopic (exact) mass is 464 g/mol. The number of carbonyl (C=O) groups excluding carboxylic acids is 2. The first-order valence-corrected chi connectivity index (χ1v) is 10.4. The second-order valence-electron chi connectivity index (χ2n) is 7.01. The van der Waals surface area contributed by atoms with E-state index in [4.69, 9.17) is 27.9 Å². The van der Waals surface area contributed by atoms with E-state index in [0.717, 1.165) is 10.8 Å². The lowest BCUT2D eigenvalue weighted by Crippen LogP contribution is -2.15. The van der Waals surface area contributed by atoms with E-state index >= 15 is 0 Å². The van der Waals surface area contributed by atoms with Crippen molar-refractivity contribution in [2.45, 2.75) is 0 Å². The average molecular weight is 465 g/mol. The highest BCUT2D eigenvalue weighted by atomic mass is 35.5. The van der Waals surface area contributed by atoms with Crippen molar-refractivity contribution in [3.8, 4) is 5.75 Å². The predicted molar refractivity (Wildman–Crippen MR) is 129 cm³/mol. The van der Waals surface area contributed by atoms with Gasteiger partial charge in [-0.15, -0.1) is 0 Å². The van der Waals surface area contributed by atoms with Crippen LogP contribution in [0.1, 0.15) is 20.7 Å². The van der Waals surface area contributed by atoms with Crippen molar-refractivity contribution in [1.82, 2.24) is 0 Å². The van der Waals surface area contributed by atoms with Crippen molar-refractivity contribution >= 4 is 57.2 Å². The third kappa shape index (κ3) is 4.69. The topological polar surface area (TPSA) is 67.4 Å². The molecule has 0 saturated carbocycles. The molecule has 0 bridgehead atoms. The normalized spacial score (nSPS) is 10.6. The maximum Gasteiger partial charge on any atom is 0.259 e. The Morgan fingerprint density at radius 1 is 0.719 bits per heavy atom. The molecule has 0 aliphatic heterocycles. The minimum Gasteiger partial charge on any atom is -0.496 e. The summed E-state index contributed by atoms with van der Waals surface area (Å²) < 4.78 is 5.42. The van der Waals surface area contributed by atoms with E-state index in [1.54, 1.807) is 42.5 Å². The van der Waals surface area contributed by atoms with E-state index in [-0.39, 0.29) is 16.8 Å². The third-order valence-corrected chi connectivity index (χ3v) is 5.41. The molecule has 32 heavy (non-hydrogen) atoms. The van der Waals surface area contributed by atoms with Crippen LogP contribution in [0.5, 0.6) is 5.75 Å². The van der Waals surface area contributed by atoms with Crippen LogP contribution in [0.15, 0.2) is 78.9 Å². The first kappa shape index (κ1) is 21.7. The molecular formula is C25H18Cl2N2O3. The summed E-state index contributed by atoms with van der Waals surface area (Å²) in [5, 5.41) is 8.24. The van der Waals surface area contributed by atoms with E-state index in [9.17, 15) is 9.59 Å². The van der Waals surface area contributed by atoms with Crippen LogP contribution in [0.3, 0.4) is 0 Å². The lowest BCUT2D eigenvalue weighted by atomic mass is 10.1. The van der Waals surface area contributed by atoms with Crippen molar-refractivity contribution in [2.24, 2.45) is 0 Å². The second-order valence-corrected chi connectivity index (χ2v) is 7.86. The quantitative estimate of drug-likeness (QED) is 0.346. The minimum atomic E-state index is -0.383. The molecule has 0 unspecified atom stereocenters. The van der Waals surface area contributed by atoms with Gasteiger partial charge in [-0.05, 0) is 59.3 Å². The molecule has 160 valence electrons. The van der Waals surface area contributed by atoms with Crippen LogP contribution in [-0.2, 0) is 0 Å². The van der Waals surface area contributed by atoms with Crippen LogP contribution in [-0.4, -0.2) is 18.9 Å². The van der Waals surface area contributed by atoms with Gasteiger partial charge in [0.1, 0.15) is 5.75 Å². The zero-order chi connectivity index (χ0) is 22.7. The van der Waals surface area contributed by atoms with E-state index in [1.807, 2.05) is 30.3 Å². The molecule has 5 nitrogen and oxygen atoms in total. The Hall–Kier alpha value is -3.54. The molecular weight excluding hydrogens is 447 g/mol. The van der Waals surface area contributed by atoms with Crippen LogP contribution < -0.4 is 15.4 Å². The lowest BCUT2D eigenvalue weighted by Gasteiger charge is -2.12. The number of methoxy groups -OCH3 is 1.